The van der Waals surface area contributed by atoms with Crippen LogP contribution >= 0.6 is 0 Å². The van der Waals surface area contributed by atoms with Gasteiger partial charge in [-0.1, -0.05) is 11.1 Å². The van der Waals surface area contributed by atoms with Crippen molar-refractivity contribution >= 4 is 11.9 Å². The van der Waals surface area contributed by atoms with Crippen LogP contribution in [0.1, 0.15) is 27.7 Å². The van der Waals surface area contributed by atoms with Crippen LogP contribution in [0.15, 0.2) is 22.3 Å². The van der Waals surface area contributed by atoms with Gasteiger partial charge in [-0.05, 0) is 38.8 Å². The molecule has 0 N–H and O–H groups in total. The fourth-order valence-corrected chi connectivity index (χ4v) is 3.10. The van der Waals surface area contributed by atoms with Crippen molar-refractivity contribution in [1.82, 2.24) is 0 Å². The molecule has 5 nitrogen and oxygen atoms in total. The third kappa shape index (κ3) is 2.75. The summed E-state index contributed by atoms with van der Waals surface area (Å²) in [5, 5.41) is 0. The Morgan fingerprint density at radius 3 is 1.67 bits per heavy atom. The summed E-state index contributed by atoms with van der Waals surface area (Å²) in [6.45, 7) is 8.84. The van der Waals surface area contributed by atoms with Crippen LogP contribution in [0.5, 0.6) is 0 Å². The van der Waals surface area contributed by atoms with E-state index in [0.717, 1.165) is 22.3 Å². The molecule has 0 saturated carbocycles. The van der Waals surface area contributed by atoms with E-state index in [4.69, 9.17) is 14.2 Å². The molecule has 0 amide bonds. The van der Waals surface area contributed by atoms with Gasteiger partial charge in [0.15, 0.2) is 0 Å². The Morgan fingerprint density at radius 1 is 0.952 bits per heavy atom. The van der Waals surface area contributed by atoms with Gasteiger partial charge in [-0.15, -0.1) is 0 Å². The Bertz CT molecular complexity index is 469. The van der Waals surface area contributed by atoms with Crippen LogP contribution in [-0.4, -0.2) is 38.4 Å². The summed E-state index contributed by atoms with van der Waals surface area (Å²) in [6.07, 6.45) is 0. The summed E-state index contributed by atoms with van der Waals surface area (Å²) in [7, 11) is 0. The molecule has 0 aromatic carbocycles. The SMILES string of the molecule is CCOC(=O)[C@@H]1C(C)=C2COCC2=C(C)[C@H]1C(=O)OCC. The van der Waals surface area contributed by atoms with Gasteiger partial charge < -0.3 is 14.2 Å². The fourth-order valence-electron chi connectivity index (χ4n) is 3.10. The van der Waals surface area contributed by atoms with Crippen molar-refractivity contribution in [3.8, 4) is 0 Å². The minimum Gasteiger partial charge on any atom is -0.466 e. The highest BCUT2D eigenvalue weighted by Gasteiger charge is 2.44. The van der Waals surface area contributed by atoms with E-state index < -0.39 is 11.8 Å². The number of hydrogen-bond acceptors (Lipinski definition) is 5. The largest absolute Gasteiger partial charge is 0.466 e. The van der Waals surface area contributed by atoms with Gasteiger partial charge in [-0.25, -0.2) is 0 Å². The van der Waals surface area contributed by atoms with Gasteiger partial charge in [0, 0.05) is 0 Å². The van der Waals surface area contributed by atoms with Crippen LogP contribution in [0, 0.1) is 11.8 Å². The molecule has 116 valence electrons. The summed E-state index contributed by atoms with van der Waals surface area (Å²) < 4.78 is 15.8. The number of carbonyl (C=O) groups excluding carboxylic acids is 2. The summed E-state index contributed by atoms with van der Waals surface area (Å²) in [5.41, 5.74) is 3.80. The quantitative estimate of drug-likeness (QED) is 0.742. The molecule has 2 aliphatic rings. The third-order valence-corrected chi connectivity index (χ3v) is 4.16. The number of hydrogen-bond donors (Lipinski definition) is 0. The molecule has 0 aromatic heterocycles. The fraction of sp³-hybridized carbons (Fsp3) is 0.625. The number of carbonyl (C=O) groups is 2. The highest BCUT2D eigenvalue weighted by Crippen LogP contribution is 2.42. The molecule has 0 radical (unpaired) electrons. The highest BCUT2D eigenvalue weighted by molar-refractivity contribution is 5.88. The van der Waals surface area contributed by atoms with Crippen molar-refractivity contribution in [2.75, 3.05) is 26.4 Å². The van der Waals surface area contributed by atoms with Crippen molar-refractivity contribution in [1.29, 1.82) is 0 Å². The van der Waals surface area contributed by atoms with Crippen LogP contribution in [-0.2, 0) is 23.8 Å². The standard InChI is InChI=1S/C16H22O5/c1-5-20-15(17)13-9(3)11-7-19-8-12(11)10(4)14(13)16(18)21-6-2/h13-14H,5-8H2,1-4H3/t13-,14-/m1/s1. The first-order valence-electron chi connectivity index (χ1n) is 7.33. The summed E-state index contributed by atoms with van der Waals surface area (Å²) in [6, 6.07) is 0. The van der Waals surface area contributed by atoms with Crippen LogP contribution < -0.4 is 0 Å². The zero-order valence-corrected chi connectivity index (χ0v) is 13.0. The molecule has 1 aliphatic carbocycles. The summed E-state index contributed by atoms with van der Waals surface area (Å²) in [5.74, 6) is -1.95. The van der Waals surface area contributed by atoms with Crippen molar-refractivity contribution in [3.63, 3.8) is 0 Å². The molecule has 2 rings (SSSR count). The lowest BCUT2D eigenvalue weighted by atomic mass is 9.73. The molecule has 2 atom stereocenters. The highest BCUT2D eigenvalue weighted by atomic mass is 16.5. The average Bonchev–Trinajstić information content (AvgIpc) is 2.92. The zero-order valence-electron chi connectivity index (χ0n) is 13.0. The number of fused-ring (bicyclic) bond motifs is 1. The molecule has 1 fully saturated rings. The first-order chi connectivity index (χ1) is 10.0. The van der Waals surface area contributed by atoms with Crippen molar-refractivity contribution < 1.29 is 23.8 Å². The lowest BCUT2D eigenvalue weighted by Gasteiger charge is -2.31. The van der Waals surface area contributed by atoms with Gasteiger partial charge in [0.25, 0.3) is 0 Å². The van der Waals surface area contributed by atoms with Gasteiger partial charge in [0.05, 0.1) is 38.3 Å². The van der Waals surface area contributed by atoms with E-state index in [9.17, 15) is 9.59 Å². The number of esters is 2. The van der Waals surface area contributed by atoms with E-state index in [1.807, 2.05) is 13.8 Å². The van der Waals surface area contributed by atoms with Gasteiger partial charge in [0.1, 0.15) is 0 Å². The Hall–Kier alpha value is -1.62. The maximum Gasteiger partial charge on any atom is 0.314 e. The monoisotopic (exact) mass is 294 g/mol. The second-order valence-electron chi connectivity index (χ2n) is 5.28. The first kappa shape index (κ1) is 15.8. The number of rotatable bonds is 4. The summed E-state index contributed by atoms with van der Waals surface area (Å²) in [4.78, 5) is 24.7. The Kier molecular flexibility index (Phi) is 4.83. The van der Waals surface area contributed by atoms with E-state index in [1.165, 1.54) is 0 Å². The Labute approximate surface area is 124 Å². The lowest BCUT2D eigenvalue weighted by molar-refractivity contribution is -0.157. The Balaban J connectivity index is 2.45. The topological polar surface area (TPSA) is 61.8 Å². The smallest absolute Gasteiger partial charge is 0.314 e. The van der Waals surface area contributed by atoms with Crippen molar-refractivity contribution in [3.05, 3.63) is 22.3 Å². The minimum absolute atomic E-state index is 0.291. The molecular weight excluding hydrogens is 272 g/mol. The van der Waals surface area contributed by atoms with E-state index in [2.05, 4.69) is 0 Å². The second-order valence-corrected chi connectivity index (χ2v) is 5.28. The van der Waals surface area contributed by atoms with Crippen LogP contribution in [0.4, 0.5) is 0 Å². The maximum absolute atomic E-state index is 12.3. The molecule has 1 aliphatic heterocycles. The summed E-state index contributed by atoms with van der Waals surface area (Å²) >= 11 is 0. The average molecular weight is 294 g/mol. The van der Waals surface area contributed by atoms with Crippen molar-refractivity contribution in [2.24, 2.45) is 11.8 Å². The van der Waals surface area contributed by atoms with E-state index in [-0.39, 0.29) is 11.9 Å². The molecule has 1 heterocycles. The second kappa shape index (κ2) is 6.43. The lowest BCUT2D eigenvalue weighted by Crippen LogP contribution is -2.37. The molecule has 0 aromatic rings. The first-order valence-corrected chi connectivity index (χ1v) is 7.33. The van der Waals surface area contributed by atoms with E-state index >= 15 is 0 Å². The molecule has 0 unspecified atom stereocenters. The maximum atomic E-state index is 12.3. The predicted octanol–water partition coefficient (Wildman–Crippen LogP) is 2.02. The van der Waals surface area contributed by atoms with Crippen LogP contribution in [0.3, 0.4) is 0 Å². The molecule has 1 saturated heterocycles. The third-order valence-electron chi connectivity index (χ3n) is 4.16. The van der Waals surface area contributed by atoms with Gasteiger partial charge in [-0.3, -0.25) is 9.59 Å². The van der Waals surface area contributed by atoms with Crippen LogP contribution in [0.2, 0.25) is 0 Å². The normalized spacial score (nSPS) is 25.0. The van der Waals surface area contributed by atoms with Gasteiger partial charge >= 0.3 is 11.9 Å². The van der Waals surface area contributed by atoms with Crippen LogP contribution in [0.25, 0.3) is 0 Å². The van der Waals surface area contributed by atoms with Crippen molar-refractivity contribution in [2.45, 2.75) is 27.7 Å². The minimum atomic E-state index is -0.607. The molecule has 0 bridgehead atoms. The van der Waals surface area contributed by atoms with E-state index in [0.29, 0.717) is 26.4 Å². The number of ether oxygens (including phenoxy) is 3. The molecular formula is C16H22O5. The molecule has 5 heteroatoms. The predicted molar refractivity (Wildman–Crippen MR) is 76.5 cm³/mol. The zero-order chi connectivity index (χ0) is 15.6. The van der Waals surface area contributed by atoms with E-state index in [1.54, 1.807) is 13.8 Å². The molecule has 0 spiro atoms. The molecule has 21 heavy (non-hydrogen) atoms. The van der Waals surface area contributed by atoms with Gasteiger partial charge in [-0.2, -0.15) is 0 Å². The van der Waals surface area contributed by atoms with Gasteiger partial charge in [0.2, 0.25) is 0 Å². The Morgan fingerprint density at radius 2 is 1.33 bits per heavy atom.